The number of hydrogen-bond donors (Lipinski definition) is 2. The van der Waals surface area contributed by atoms with Gasteiger partial charge in [-0.15, -0.1) is 0 Å². The van der Waals surface area contributed by atoms with Crippen molar-refractivity contribution in [1.82, 2.24) is 5.43 Å². The van der Waals surface area contributed by atoms with Crippen molar-refractivity contribution in [3.63, 3.8) is 0 Å². The Morgan fingerprint density at radius 1 is 0.806 bits per heavy atom. The van der Waals surface area contributed by atoms with Gasteiger partial charge in [-0.3, -0.25) is 9.59 Å². The third kappa shape index (κ3) is 6.37. The number of carbonyl (C=O) groups excluding carboxylic acids is 2. The fraction of sp³-hybridized carbons (Fsp3) is 0.192. The molecule has 0 atom stereocenters. The van der Waals surface area contributed by atoms with E-state index in [1.165, 1.54) is 0 Å². The lowest BCUT2D eigenvalue weighted by atomic mass is 10.0. The van der Waals surface area contributed by atoms with E-state index >= 15 is 0 Å². The molecule has 0 saturated carbocycles. The van der Waals surface area contributed by atoms with Crippen LogP contribution in [0.25, 0.3) is 11.1 Å². The second-order valence-corrected chi connectivity index (χ2v) is 7.54. The fourth-order valence-electron chi connectivity index (χ4n) is 3.19. The third-order valence-corrected chi connectivity index (χ3v) is 4.99. The van der Waals surface area contributed by atoms with Crippen molar-refractivity contribution in [3.05, 3.63) is 89.5 Å². The van der Waals surface area contributed by atoms with Gasteiger partial charge < -0.3 is 5.32 Å². The quantitative estimate of drug-likeness (QED) is 0.411. The maximum Gasteiger partial charge on any atom is 0.240 e. The Morgan fingerprint density at radius 2 is 1.45 bits per heavy atom. The van der Waals surface area contributed by atoms with E-state index in [9.17, 15) is 9.59 Å². The van der Waals surface area contributed by atoms with Gasteiger partial charge in [0.15, 0.2) is 0 Å². The highest BCUT2D eigenvalue weighted by Gasteiger charge is 2.09. The van der Waals surface area contributed by atoms with Crippen molar-refractivity contribution in [2.45, 2.75) is 33.6 Å². The molecule has 3 aromatic rings. The van der Waals surface area contributed by atoms with E-state index in [4.69, 9.17) is 0 Å². The van der Waals surface area contributed by atoms with Crippen LogP contribution >= 0.6 is 0 Å². The van der Waals surface area contributed by atoms with Crippen LogP contribution in [0.3, 0.4) is 0 Å². The first kappa shape index (κ1) is 22.0. The Morgan fingerprint density at radius 3 is 2.13 bits per heavy atom. The van der Waals surface area contributed by atoms with Crippen LogP contribution < -0.4 is 10.7 Å². The Kier molecular flexibility index (Phi) is 7.33. The minimum absolute atomic E-state index is 0.0699. The zero-order valence-electron chi connectivity index (χ0n) is 18.1. The van der Waals surface area contributed by atoms with Crippen molar-refractivity contribution in [2.24, 2.45) is 5.10 Å². The van der Waals surface area contributed by atoms with E-state index in [0.717, 1.165) is 33.5 Å². The highest BCUT2D eigenvalue weighted by molar-refractivity contribution is 6.00. The van der Waals surface area contributed by atoms with Gasteiger partial charge in [0.2, 0.25) is 11.8 Å². The zero-order chi connectivity index (χ0) is 22.2. The summed E-state index contributed by atoms with van der Waals surface area (Å²) < 4.78 is 0. The van der Waals surface area contributed by atoms with E-state index in [-0.39, 0.29) is 24.7 Å². The predicted molar refractivity (Wildman–Crippen MR) is 126 cm³/mol. The summed E-state index contributed by atoms with van der Waals surface area (Å²) >= 11 is 0. The highest BCUT2D eigenvalue weighted by atomic mass is 16.2. The molecule has 0 heterocycles. The van der Waals surface area contributed by atoms with Crippen molar-refractivity contribution < 1.29 is 9.59 Å². The summed E-state index contributed by atoms with van der Waals surface area (Å²) in [6.07, 6.45) is 0.167. The zero-order valence-corrected chi connectivity index (χ0v) is 18.1. The maximum absolute atomic E-state index is 12.1. The molecule has 158 valence electrons. The highest BCUT2D eigenvalue weighted by Crippen LogP contribution is 2.19. The van der Waals surface area contributed by atoms with Gasteiger partial charge in [0.1, 0.15) is 0 Å². The number of amides is 2. The standard InChI is InChI=1S/C26H27N3O2/c1-18-9-14-24(19(2)17-18)27-25(30)15-16-26(31)29-28-20(3)21-10-12-23(13-11-21)22-7-5-4-6-8-22/h4-14,17H,15-16H2,1-3H3,(H,27,30)(H,29,31)/b28-20-. The van der Waals surface area contributed by atoms with Gasteiger partial charge in [-0.2, -0.15) is 5.10 Å². The molecule has 5 nitrogen and oxygen atoms in total. The average molecular weight is 414 g/mol. The molecular formula is C26H27N3O2. The summed E-state index contributed by atoms with van der Waals surface area (Å²) in [6, 6.07) is 24.0. The molecule has 3 aromatic carbocycles. The first-order valence-electron chi connectivity index (χ1n) is 10.3. The molecule has 2 N–H and O–H groups in total. The number of nitrogens with zero attached hydrogens (tertiary/aromatic N) is 1. The third-order valence-electron chi connectivity index (χ3n) is 4.99. The molecule has 0 fully saturated rings. The lowest BCUT2D eigenvalue weighted by Crippen LogP contribution is -2.22. The fourth-order valence-corrected chi connectivity index (χ4v) is 3.19. The molecule has 0 spiro atoms. The monoisotopic (exact) mass is 413 g/mol. The molecule has 2 amide bonds. The summed E-state index contributed by atoms with van der Waals surface area (Å²) in [7, 11) is 0. The van der Waals surface area contributed by atoms with Crippen molar-refractivity contribution in [1.29, 1.82) is 0 Å². The molecule has 0 radical (unpaired) electrons. The topological polar surface area (TPSA) is 70.6 Å². The molecule has 0 saturated heterocycles. The van der Waals surface area contributed by atoms with Crippen LogP contribution in [-0.4, -0.2) is 17.5 Å². The summed E-state index contributed by atoms with van der Waals surface area (Å²) in [6.45, 7) is 5.78. The molecule has 0 unspecified atom stereocenters. The number of hydrazone groups is 1. The van der Waals surface area contributed by atoms with Gasteiger partial charge >= 0.3 is 0 Å². The summed E-state index contributed by atoms with van der Waals surface area (Å²) in [5.41, 5.74) is 9.33. The minimum Gasteiger partial charge on any atom is -0.326 e. The van der Waals surface area contributed by atoms with Crippen LogP contribution in [0.2, 0.25) is 0 Å². The van der Waals surface area contributed by atoms with Gasteiger partial charge in [-0.05, 0) is 49.1 Å². The molecule has 0 bridgehead atoms. The lowest BCUT2D eigenvalue weighted by molar-refractivity contribution is -0.124. The predicted octanol–water partition coefficient (Wildman–Crippen LogP) is 5.23. The number of nitrogens with one attached hydrogen (secondary N) is 2. The maximum atomic E-state index is 12.1. The van der Waals surface area contributed by atoms with Gasteiger partial charge in [-0.25, -0.2) is 5.43 Å². The Bertz CT molecular complexity index is 1090. The van der Waals surface area contributed by atoms with Gasteiger partial charge in [-0.1, -0.05) is 72.3 Å². The molecule has 0 aliphatic carbocycles. The summed E-state index contributed by atoms with van der Waals surface area (Å²) in [4.78, 5) is 24.2. The van der Waals surface area contributed by atoms with Crippen molar-refractivity contribution in [3.8, 4) is 11.1 Å². The molecule has 0 aliphatic rings. The Balaban J connectivity index is 1.49. The van der Waals surface area contributed by atoms with Crippen LogP contribution in [0.1, 0.15) is 36.5 Å². The molecule has 0 aliphatic heterocycles. The SMILES string of the molecule is C/C(=N/NC(=O)CCC(=O)Nc1ccc(C)cc1C)c1ccc(-c2ccccc2)cc1. The molecule has 3 rings (SSSR count). The summed E-state index contributed by atoms with van der Waals surface area (Å²) in [5.74, 6) is -0.490. The first-order chi connectivity index (χ1) is 14.9. The number of aryl methyl sites for hydroxylation is 2. The second kappa shape index (κ2) is 10.3. The molecular weight excluding hydrogens is 386 g/mol. The molecule has 0 aromatic heterocycles. The van der Waals surface area contributed by atoms with E-state index in [1.807, 2.05) is 81.4 Å². The van der Waals surface area contributed by atoms with Crippen LogP contribution in [0.5, 0.6) is 0 Å². The van der Waals surface area contributed by atoms with Crippen LogP contribution in [-0.2, 0) is 9.59 Å². The number of carbonyl (C=O) groups is 2. The van der Waals surface area contributed by atoms with Crippen molar-refractivity contribution >= 4 is 23.2 Å². The van der Waals surface area contributed by atoms with Gasteiger partial charge in [0, 0.05) is 18.5 Å². The van der Waals surface area contributed by atoms with E-state index < -0.39 is 0 Å². The molecule has 5 heteroatoms. The van der Waals surface area contributed by atoms with E-state index in [1.54, 1.807) is 0 Å². The number of hydrogen-bond acceptors (Lipinski definition) is 3. The van der Waals surface area contributed by atoms with Crippen LogP contribution in [0.4, 0.5) is 5.69 Å². The normalized spacial score (nSPS) is 11.1. The van der Waals surface area contributed by atoms with E-state index in [0.29, 0.717) is 5.71 Å². The van der Waals surface area contributed by atoms with Crippen LogP contribution in [0.15, 0.2) is 77.9 Å². The number of anilines is 1. The second-order valence-electron chi connectivity index (χ2n) is 7.54. The number of rotatable bonds is 7. The first-order valence-corrected chi connectivity index (χ1v) is 10.3. The van der Waals surface area contributed by atoms with Crippen LogP contribution in [0, 0.1) is 13.8 Å². The smallest absolute Gasteiger partial charge is 0.240 e. The summed E-state index contributed by atoms with van der Waals surface area (Å²) in [5, 5.41) is 7.02. The Hall–Kier alpha value is -3.73. The minimum atomic E-state index is -0.295. The van der Waals surface area contributed by atoms with Crippen molar-refractivity contribution in [2.75, 3.05) is 5.32 Å². The average Bonchev–Trinajstić information content (AvgIpc) is 2.78. The largest absolute Gasteiger partial charge is 0.326 e. The Labute approximate surface area is 183 Å². The lowest BCUT2D eigenvalue weighted by Gasteiger charge is -2.09. The number of benzene rings is 3. The molecule has 31 heavy (non-hydrogen) atoms. The van der Waals surface area contributed by atoms with Gasteiger partial charge in [0.05, 0.1) is 5.71 Å². The van der Waals surface area contributed by atoms with E-state index in [2.05, 4.69) is 28.0 Å². The van der Waals surface area contributed by atoms with Gasteiger partial charge in [0.25, 0.3) is 0 Å².